The number of hydrogen-bond acceptors (Lipinski definition) is 4. The molecule has 1 N–H and O–H groups in total. The zero-order valence-corrected chi connectivity index (χ0v) is 17.5. The summed E-state index contributed by atoms with van der Waals surface area (Å²) in [6.45, 7) is 0. The Morgan fingerprint density at radius 3 is 2.52 bits per heavy atom. The molecule has 0 fully saturated rings. The molecule has 0 aliphatic heterocycles. The van der Waals surface area contributed by atoms with Gasteiger partial charge < -0.3 is 10.1 Å². The lowest BCUT2D eigenvalue weighted by molar-refractivity contribution is -0.142. The van der Waals surface area contributed by atoms with Gasteiger partial charge in [0.25, 0.3) is 5.91 Å². The second-order valence-corrected chi connectivity index (χ2v) is 7.40. The lowest BCUT2D eigenvalue weighted by atomic mass is 10.1. The first kappa shape index (κ1) is 20.9. The van der Waals surface area contributed by atoms with Crippen LogP contribution in [0.1, 0.15) is 16.1 Å². The molecule has 4 rings (SSSR count). The molecular weight excluding hydrogens is 477 g/mol. The summed E-state index contributed by atoms with van der Waals surface area (Å²) in [5, 5.41) is 6.41. The van der Waals surface area contributed by atoms with Crippen LogP contribution >= 0.6 is 15.9 Å². The van der Waals surface area contributed by atoms with Crippen LogP contribution in [0.3, 0.4) is 0 Å². The number of methoxy groups -OCH3 is 1. The Morgan fingerprint density at radius 2 is 1.84 bits per heavy atom. The van der Waals surface area contributed by atoms with E-state index in [9.17, 15) is 18.0 Å². The highest BCUT2D eigenvalue weighted by Gasteiger charge is 2.36. The van der Waals surface area contributed by atoms with Gasteiger partial charge in [-0.1, -0.05) is 40.2 Å². The van der Waals surface area contributed by atoms with E-state index in [1.165, 1.54) is 7.11 Å². The van der Waals surface area contributed by atoms with Crippen LogP contribution < -0.4 is 10.1 Å². The van der Waals surface area contributed by atoms with Crippen LogP contribution in [-0.2, 0) is 6.18 Å². The third-order valence-corrected chi connectivity index (χ3v) is 5.03. The van der Waals surface area contributed by atoms with Crippen molar-refractivity contribution in [3.8, 4) is 17.0 Å². The molecule has 0 unspecified atom stereocenters. The Bertz CT molecular complexity index is 1270. The molecule has 0 atom stereocenters. The SMILES string of the molecule is COc1ccccc1NC(=O)c1cnn2c(C(F)(F)F)cc(-c3ccc(Br)cc3)nc12. The number of fused-ring (bicyclic) bond motifs is 1. The molecule has 1 amide bonds. The van der Waals surface area contributed by atoms with E-state index < -0.39 is 17.8 Å². The van der Waals surface area contributed by atoms with Gasteiger partial charge in [0.1, 0.15) is 11.3 Å². The summed E-state index contributed by atoms with van der Waals surface area (Å²) < 4.78 is 47.8. The molecule has 0 radical (unpaired) electrons. The standard InChI is InChI=1S/C21H14BrF3N4O2/c1-31-17-5-3-2-4-15(17)28-20(30)14-11-26-29-18(21(23,24)25)10-16(27-19(14)29)12-6-8-13(22)9-7-12/h2-11H,1H3,(H,28,30). The van der Waals surface area contributed by atoms with Crippen molar-refractivity contribution in [1.82, 2.24) is 14.6 Å². The van der Waals surface area contributed by atoms with Crippen LogP contribution in [0.25, 0.3) is 16.9 Å². The smallest absolute Gasteiger partial charge is 0.433 e. The highest BCUT2D eigenvalue weighted by Crippen LogP contribution is 2.33. The van der Waals surface area contributed by atoms with Gasteiger partial charge in [0.15, 0.2) is 11.3 Å². The highest BCUT2D eigenvalue weighted by molar-refractivity contribution is 9.10. The Labute approximate surface area is 182 Å². The summed E-state index contributed by atoms with van der Waals surface area (Å²) in [6, 6.07) is 14.3. The van der Waals surface area contributed by atoms with Crippen molar-refractivity contribution in [2.45, 2.75) is 6.18 Å². The maximum absolute atomic E-state index is 13.7. The minimum absolute atomic E-state index is 0.0687. The number of rotatable bonds is 4. The van der Waals surface area contributed by atoms with Crippen molar-refractivity contribution in [1.29, 1.82) is 0 Å². The minimum atomic E-state index is -4.70. The van der Waals surface area contributed by atoms with E-state index in [2.05, 4.69) is 31.3 Å². The number of benzene rings is 2. The maximum atomic E-state index is 13.7. The Balaban J connectivity index is 1.84. The molecule has 31 heavy (non-hydrogen) atoms. The number of amides is 1. The number of ether oxygens (including phenoxy) is 1. The van der Waals surface area contributed by atoms with E-state index in [-0.39, 0.29) is 16.9 Å². The fourth-order valence-corrected chi connectivity index (χ4v) is 3.30. The van der Waals surface area contributed by atoms with Crippen molar-refractivity contribution >= 4 is 33.2 Å². The van der Waals surface area contributed by atoms with Crippen molar-refractivity contribution in [2.75, 3.05) is 12.4 Å². The summed E-state index contributed by atoms with van der Waals surface area (Å²) in [6.07, 6.45) is -3.64. The molecule has 0 spiro atoms. The maximum Gasteiger partial charge on any atom is 0.433 e. The quantitative estimate of drug-likeness (QED) is 0.413. The zero-order chi connectivity index (χ0) is 22.2. The molecule has 4 aromatic rings. The minimum Gasteiger partial charge on any atom is -0.495 e. The number of carbonyl (C=O) groups is 1. The predicted octanol–water partition coefficient (Wildman–Crippen LogP) is 5.44. The summed E-state index contributed by atoms with van der Waals surface area (Å²) in [5.41, 5.74) is -0.440. The number of carbonyl (C=O) groups excluding carboxylic acids is 1. The molecule has 0 saturated carbocycles. The second kappa shape index (κ2) is 8.03. The van der Waals surface area contributed by atoms with Crippen LogP contribution in [0.4, 0.5) is 18.9 Å². The first-order valence-electron chi connectivity index (χ1n) is 8.94. The van der Waals surface area contributed by atoms with E-state index in [1.807, 2.05) is 0 Å². The molecule has 2 heterocycles. The van der Waals surface area contributed by atoms with Crippen molar-refractivity contribution in [3.05, 3.63) is 76.5 Å². The summed E-state index contributed by atoms with van der Waals surface area (Å²) in [7, 11) is 1.45. The van der Waals surface area contributed by atoms with E-state index >= 15 is 0 Å². The molecular formula is C21H14BrF3N4O2. The number of nitrogens with zero attached hydrogens (tertiary/aromatic N) is 3. The third kappa shape index (κ3) is 4.11. The fraction of sp³-hybridized carbons (Fsp3) is 0.0952. The molecule has 158 valence electrons. The first-order chi connectivity index (χ1) is 14.8. The highest BCUT2D eigenvalue weighted by atomic mass is 79.9. The molecule has 6 nitrogen and oxygen atoms in total. The number of alkyl halides is 3. The average molecular weight is 491 g/mol. The van der Waals surface area contributed by atoms with Gasteiger partial charge >= 0.3 is 6.18 Å². The van der Waals surface area contributed by atoms with Gasteiger partial charge in [0.2, 0.25) is 0 Å². The number of halogens is 4. The number of anilines is 1. The van der Waals surface area contributed by atoms with Gasteiger partial charge in [0.05, 0.1) is 24.7 Å². The summed E-state index contributed by atoms with van der Waals surface area (Å²) in [4.78, 5) is 17.2. The van der Waals surface area contributed by atoms with Crippen LogP contribution in [-0.4, -0.2) is 27.6 Å². The normalized spacial score (nSPS) is 11.5. The second-order valence-electron chi connectivity index (χ2n) is 6.48. The third-order valence-electron chi connectivity index (χ3n) is 4.50. The average Bonchev–Trinajstić information content (AvgIpc) is 3.17. The lowest BCUT2D eigenvalue weighted by Gasteiger charge is -2.12. The predicted molar refractivity (Wildman–Crippen MR) is 112 cm³/mol. The van der Waals surface area contributed by atoms with Gasteiger partial charge in [0, 0.05) is 10.0 Å². The largest absolute Gasteiger partial charge is 0.495 e. The summed E-state index contributed by atoms with van der Waals surface area (Å²) >= 11 is 3.29. The molecule has 0 saturated heterocycles. The van der Waals surface area contributed by atoms with Crippen molar-refractivity contribution in [2.24, 2.45) is 0 Å². The molecule has 0 bridgehead atoms. The van der Waals surface area contributed by atoms with Gasteiger partial charge in [-0.2, -0.15) is 18.3 Å². The van der Waals surface area contributed by atoms with E-state index in [1.54, 1.807) is 48.5 Å². The fourth-order valence-electron chi connectivity index (χ4n) is 3.03. The van der Waals surface area contributed by atoms with Crippen LogP contribution in [0, 0.1) is 0 Å². The summed E-state index contributed by atoms with van der Waals surface area (Å²) in [5.74, 6) is -0.250. The Morgan fingerprint density at radius 1 is 1.13 bits per heavy atom. The monoisotopic (exact) mass is 490 g/mol. The molecule has 10 heteroatoms. The van der Waals surface area contributed by atoms with Gasteiger partial charge in [-0.05, 0) is 30.3 Å². The van der Waals surface area contributed by atoms with Crippen LogP contribution in [0.2, 0.25) is 0 Å². The van der Waals surface area contributed by atoms with E-state index in [4.69, 9.17) is 4.74 Å². The lowest BCUT2D eigenvalue weighted by Crippen LogP contribution is -2.16. The molecule has 2 aromatic carbocycles. The van der Waals surface area contributed by atoms with Crippen LogP contribution in [0.15, 0.2) is 65.3 Å². The molecule has 2 aromatic heterocycles. The number of aromatic nitrogens is 3. The number of para-hydroxylation sites is 2. The number of nitrogens with one attached hydrogen (secondary N) is 1. The van der Waals surface area contributed by atoms with Crippen molar-refractivity contribution < 1.29 is 22.7 Å². The first-order valence-corrected chi connectivity index (χ1v) is 9.73. The Kier molecular flexibility index (Phi) is 5.40. The van der Waals surface area contributed by atoms with Crippen molar-refractivity contribution in [3.63, 3.8) is 0 Å². The Hall–Kier alpha value is -3.40. The zero-order valence-electron chi connectivity index (χ0n) is 15.9. The van der Waals surface area contributed by atoms with Gasteiger partial charge in [-0.3, -0.25) is 4.79 Å². The number of hydrogen-bond donors (Lipinski definition) is 1. The van der Waals surface area contributed by atoms with Crippen LogP contribution in [0.5, 0.6) is 5.75 Å². The molecule has 0 aliphatic rings. The van der Waals surface area contributed by atoms with E-state index in [0.717, 1.165) is 16.7 Å². The van der Waals surface area contributed by atoms with Gasteiger partial charge in [-0.15, -0.1) is 0 Å². The van der Waals surface area contributed by atoms with E-state index in [0.29, 0.717) is 21.5 Å². The van der Waals surface area contributed by atoms with Gasteiger partial charge in [-0.25, -0.2) is 9.50 Å². The topological polar surface area (TPSA) is 68.5 Å². The molecule has 0 aliphatic carbocycles.